The van der Waals surface area contributed by atoms with Gasteiger partial charge in [-0.3, -0.25) is 4.79 Å². The van der Waals surface area contributed by atoms with E-state index in [1.807, 2.05) is 12.1 Å². The zero-order valence-electron chi connectivity index (χ0n) is 9.14. The van der Waals surface area contributed by atoms with Gasteiger partial charge >= 0.3 is 5.97 Å². The molecule has 0 unspecified atom stereocenters. The molecule has 1 aliphatic rings. The summed E-state index contributed by atoms with van der Waals surface area (Å²) in [5.41, 5.74) is -0.180. The van der Waals surface area contributed by atoms with Crippen LogP contribution in [0.5, 0.6) is 0 Å². The van der Waals surface area contributed by atoms with E-state index < -0.39 is 11.4 Å². The van der Waals surface area contributed by atoms with Crippen LogP contribution in [0.25, 0.3) is 10.6 Å². The molecule has 2 aromatic heterocycles. The SMILES string of the molecule is O=C(O)C1(c2ncc(-c3ccc(Br)s3)[nH]2)COC1. The first kappa shape index (κ1) is 11.9. The van der Waals surface area contributed by atoms with E-state index in [2.05, 4.69) is 25.9 Å². The van der Waals surface area contributed by atoms with Gasteiger partial charge in [-0.1, -0.05) is 0 Å². The van der Waals surface area contributed by atoms with Crippen molar-refractivity contribution in [3.8, 4) is 10.6 Å². The number of aliphatic carboxylic acids is 1. The first-order chi connectivity index (χ1) is 8.62. The highest BCUT2D eigenvalue weighted by Gasteiger charge is 2.50. The van der Waals surface area contributed by atoms with Crippen LogP contribution in [0.2, 0.25) is 0 Å². The minimum Gasteiger partial charge on any atom is -0.480 e. The quantitative estimate of drug-likeness (QED) is 0.906. The number of thiophene rings is 1. The van der Waals surface area contributed by atoms with Crippen molar-refractivity contribution in [1.82, 2.24) is 9.97 Å². The summed E-state index contributed by atoms with van der Waals surface area (Å²) < 4.78 is 6.05. The minimum absolute atomic E-state index is 0.170. The van der Waals surface area contributed by atoms with Crippen LogP contribution in [0.15, 0.2) is 22.1 Å². The van der Waals surface area contributed by atoms with E-state index in [1.54, 1.807) is 17.5 Å². The van der Waals surface area contributed by atoms with Gasteiger partial charge in [0.2, 0.25) is 0 Å². The molecule has 3 heterocycles. The summed E-state index contributed by atoms with van der Waals surface area (Å²) in [4.78, 5) is 19.6. The number of ether oxygens (including phenoxy) is 1. The number of halogens is 1. The van der Waals surface area contributed by atoms with Gasteiger partial charge in [0, 0.05) is 0 Å². The molecule has 18 heavy (non-hydrogen) atoms. The molecular weight excluding hydrogens is 320 g/mol. The summed E-state index contributed by atoms with van der Waals surface area (Å²) in [7, 11) is 0. The van der Waals surface area contributed by atoms with E-state index in [0.29, 0.717) is 5.82 Å². The Kier molecular flexibility index (Phi) is 2.76. The average Bonchev–Trinajstić information content (AvgIpc) is 2.84. The third-order valence-electron chi connectivity index (χ3n) is 2.97. The standard InChI is InChI=1S/C11H9BrN2O3S/c12-8-2-1-7(18-8)6-3-13-9(14-6)11(10(15)16)4-17-5-11/h1-3H,4-5H2,(H,13,14)(H,15,16). The lowest BCUT2D eigenvalue weighted by atomic mass is 9.85. The zero-order valence-corrected chi connectivity index (χ0v) is 11.5. The van der Waals surface area contributed by atoms with E-state index in [4.69, 9.17) is 4.74 Å². The molecule has 0 amide bonds. The van der Waals surface area contributed by atoms with Crippen LogP contribution in [0, 0.1) is 0 Å². The fourth-order valence-corrected chi connectivity index (χ4v) is 3.17. The van der Waals surface area contributed by atoms with Crippen molar-refractivity contribution in [1.29, 1.82) is 0 Å². The molecule has 94 valence electrons. The van der Waals surface area contributed by atoms with Gasteiger partial charge in [-0.15, -0.1) is 11.3 Å². The maximum Gasteiger partial charge on any atom is 0.322 e. The molecule has 0 atom stereocenters. The number of nitrogens with zero attached hydrogens (tertiary/aromatic N) is 1. The molecule has 1 aliphatic heterocycles. The average molecular weight is 329 g/mol. The molecule has 2 N–H and O–H groups in total. The summed E-state index contributed by atoms with van der Waals surface area (Å²) in [6.45, 7) is 0.340. The van der Waals surface area contributed by atoms with Gasteiger partial charge in [-0.25, -0.2) is 4.98 Å². The summed E-state index contributed by atoms with van der Waals surface area (Å²) in [6, 6.07) is 3.90. The third kappa shape index (κ3) is 1.70. The second-order valence-corrected chi connectivity index (χ2v) is 6.59. The van der Waals surface area contributed by atoms with Crippen molar-refractivity contribution in [2.24, 2.45) is 0 Å². The molecule has 0 aliphatic carbocycles. The number of nitrogens with one attached hydrogen (secondary N) is 1. The number of aromatic amines is 1. The van der Waals surface area contributed by atoms with Gasteiger partial charge in [0.05, 0.1) is 33.8 Å². The molecule has 1 fully saturated rings. The molecule has 7 heteroatoms. The van der Waals surface area contributed by atoms with Crippen LogP contribution >= 0.6 is 27.3 Å². The molecule has 0 aromatic carbocycles. The highest BCUT2D eigenvalue weighted by molar-refractivity contribution is 9.11. The highest BCUT2D eigenvalue weighted by Crippen LogP contribution is 2.34. The number of H-pyrrole nitrogens is 1. The number of hydrogen-bond donors (Lipinski definition) is 2. The number of imidazole rings is 1. The van der Waals surface area contributed by atoms with Gasteiger partial charge < -0.3 is 14.8 Å². The van der Waals surface area contributed by atoms with Crippen LogP contribution in [0.4, 0.5) is 0 Å². The number of aromatic nitrogens is 2. The predicted molar refractivity (Wildman–Crippen MR) is 69.7 cm³/mol. The van der Waals surface area contributed by atoms with Crippen molar-refractivity contribution in [3.63, 3.8) is 0 Å². The lowest BCUT2D eigenvalue weighted by Gasteiger charge is -2.35. The second kappa shape index (κ2) is 4.18. The van der Waals surface area contributed by atoms with Crippen molar-refractivity contribution < 1.29 is 14.6 Å². The molecule has 3 rings (SSSR count). The number of carbonyl (C=O) groups is 1. The van der Waals surface area contributed by atoms with Crippen molar-refractivity contribution in [2.75, 3.05) is 13.2 Å². The molecule has 0 saturated carbocycles. The normalized spacial score (nSPS) is 17.4. The van der Waals surface area contributed by atoms with Gasteiger partial charge in [0.25, 0.3) is 0 Å². The topological polar surface area (TPSA) is 75.2 Å². The summed E-state index contributed by atoms with van der Waals surface area (Å²) in [6.07, 6.45) is 1.66. The van der Waals surface area contributed by atoms with E-state index in [0.717, 1.165) is 14.4 Å². The van der Waals surface area contributed by atoms with Gasteiger partial charge in [-0.2, -0.15) is 0 Å². The van der Waals surface area contributed by atoms with Crippen LogP contribution in [-0.2, 0) is 14.9 Å². The Morgan fingerprint density at radius 2 is 2.33 bits per heavy atom. The monoisotopic (exact) mass is 328 g/mol. The van der Waals surface area contributed by atoms with E-state index in [-0.39, 0.29) is 13.2 Å². The third-order valence-corrected chi connectivity index (χ3v) is 4.63. The first-order valence-corrected chi connectivity index (χ1v) is 6.85. The highest BCUT2D eigenvalue weighted by atomic mass is 79.9. The maximum atomic E-state index is 11.3. The Hall–Kier alpha value is -1.18. The van der Waals surface area contributed by atoms with E-state index in [1.165, 1.54) is 0 Å². The summed E-state index contributed by atoms with van der Waals surface area (Å²) >= 11 is 4.96. The first-order valence-electron chi connectivity index (χ1n) is 5.24. The Morgan fingerprint density at radius 3 is 2.83 bits per heavy atom. The van der Waals surface area contributed by atoms with Crippen molar-refractivity contribution in [3.05, 3.63) is 27.9 Å². The Bertz CT molecular complexity index is 603. The Labute approximate surface area is 115 Å². The Balaban J connectivity index is 1.96. The molecule has 2 aromatic rings. The van der Waals surface area contributed by atoms with Crippen LogP contribution < -0.4 is 0 Å². The second-order valence-electron chi connectivity index (χ2n) is 4.13. The lowest BCUT2D eigenvalue weighted by Crippen LogP contribution is -2.53. The van der Waals surface area contributed by atoms with Crippen molar-refractivity contribution >= 4 is 33.2 Å². The molecule has 0 radical (unpaired) electrons. The van der Waals surface area contributed by atoms with Gasteiger partial charge in [0.15, 0.2) is 5.41 Å². The number of rotatable bonds is 3. The molecule has 5 nitrogen and oxygen atoms in total. The van der Waals surface area contributed by atoms with E-state index in [9.17, 15) is 9.90 Å². The maximum absolute atomic E-state index is 11.3. The smallest absolute Gasteiger partial charge is 0.322 e. The lowest BCUT2D eigenvalue weighted by molar-refractivity contribution is -0.163. The number of carboxylic acid groups (broad SMARTS) is 1. The van der Waals surface area contributed by atoms with Gasteiger partial charge in [-0.05, 0) is 28.1 Å². The summed E-state index contributed by atoms with van der Waals surface area (Å²) in [5.74, 6) is -0.442. The fourth-order valence-electron chi connectivity index (χ4n) is 1.82. The fraction of sp³-hybridized carbons (Fsp3) is 0.273. The minimum atomic E-state index is -1.01. The van der Waals surface area contributed by atoms with E-state index >= 15 is 0 Å². The summed E-state index contributed by atoms with van der Waals surface area (Å²) in [5, 5.41) is 9.28. The van der Waals surface area contributed by atoms with Crippen LogP contribution in [-0.4, -0.2) is 34.3 Å². The molecule has 1 saturated heterocycles. The zero-order chi connectivity index (χ0) is 12.8. The molecular formula is C11H9BrN2O3S. The van der Waals surface area contributed by atoms with Crippen LogP contribution in [0.1, 0.15) is 5.82 Å². The Morgan fingerprint density at radius 1 is 1.56 bits per heavy atom. The molecule has 0 spiro atoms. The largest absolute Gasteiger partial charge is 0.480 e. The van der Waals surface area contributed by atoms with Gasteiger partial charge in [0.1, 0.15) is 5.82 Å². The van der Waals surface area contributed by atoms with Crippen molar-refractivity contribution in [2.45, 2.75) is 5.41 Å². The predicted octanol–water partition coefficient (Wildman–Crippen LogP) is 2.25. The molecule has 0 bridgehead atoms. The number of hydrogen-bond acceptors (Lipinski definition) is 4. The number of carboxylic acids is 1. The van der Waals surface area contributed by atoms with Crippen LogP contribution in [0.3, 0.4) is 0 Å².